The maximum Gasteiger partial charge on any atom is 0.490 e. The molecule has 5 atom stereocenters. The van der Waals surface area contributed by atoms with E-state index in [9.17, 15) is 33.3 Å². The minimum absolute atomic E-state index is 0.288. The number of ether oxygens (including phenoxy) is 1. The minimum atomic E-state index is -5.69. The van der Waals surface area contributed by atoms with Crippen LogP contribution in [0.25, 0.3) is 0 Å². The van der Waals surface area contributed by atoms with Gasteiger partial charge in [-0.05, 0) is 15.9 Å². The molecule has 166 valence electrons. The van der Waals surface area contributed by atoms with Crippen LogP contribution in [0.3, 0.4) is 0 Å². The summed E-state index contributed by atoms with van der Waals surface area (Å²) >= 11 is 3.06. The van der Waals surface area contributed by atoms with Crippen LogP contribution in [0.5, 0.6) is 0 Å². The van der Waals surface area contributed by atoms with Gasteiger partial charge in [0.1, 0.15) is 6.10 Å². The van der Waals surface area contributed by atoms with Gasteiger partial charge in [0, 0.05) is 18.7 Å². The molecule has 1 saturated heterocycles. The highest BCUT2D eigenvalue weighted by atomic mass is 79.9. The second kappa shape index (κ2) is 8.55. The number of aliphatic hydroxyl groups excluding tert-OH is 1. The van der Waals surface area contributed by atoms with Crippen LogP contribution in [0.4, 0.5) is 0 Å². The molecule has 0 spiro atoms. The molecule has 1 fully saturated rings. The first-order chi connectivity index (χ1) is 13.0. The lowest BCUT2D eigenvalue weighted by Gasteiger charge is -2.24. The van der Waals surface area contributed by atoms with E-state index in [4.69, 9.17) is 19.4 Å². The number of H-pyrrole nitrogens is 1. The standard InChI is InChI=1S/C9H14BrN2O14P3/c10-9(12-2-1-7(14)11-8(12)15)3-5(13)6(24-9)4-23-28(19,20)26-29(21,22)25-27(16,17)18/h1-2,5-6,13H,3-4H2,(H,19,20)(H,21,22)(H,11,14,15)(H2,16,17,18)/t5-,6+,9-/m0/s1. The molecule has 6 N–H and O–H groups in total. The first-order valence-electron chi connectivity index (χ1n) is 7.18. The summed E-state index contributed by atoms with van der Waals surface area (Å²) in [7, 11) is -16.6. The van der Waals surface area contributed by atoms with Crippen molar-refractivity contribution in [1.82, 2.24) is 9.55 Å². The van der Waals surface area contributed by atoms with Crippen LogP contribution >= 0.6 is 39.4 Å². The fourth-order valence-electron chi connectivity index (χ4n) is 2.20. The van der Waals surface area contributed by atoms with Crippen LogP contribution in [0, 0.1) is 0 Å². The number of aliphatic hydroxyl groups is 1. The summed E-state index contributed by atoms with van der Waals surface area (Å²) in [5.74, 6) is 0. The number of nitrogens with one attached hydrogen (secondary N) is 1. The maximum atomic E-state index is 11.9. The van der Waals surface area contributed by atoms with Gasteiger partial charge in [0.25, 0.3) is 5.56 Å². The van der Waals surface area contributed by atoms with E-state index in [1.807, 2.05) is 4.98 Å². The monoisotopic (exact) mass is 546 g/mol. The molecule has 1 aliphatic heterocycles. The summed E-state index contributed by atoms with van der Waals surface area (Å²) in [4.78, 5) is 60.4. The summed E-state index contributed by atoms with van der Waals surface area (Å²) in [6.07, 6.45) is -1.99. The van der Waals surface area contributed by atoms with Gasteiger partial charge < -0.3 is 29.4 Å². The number of phosphoric acid groups is 3. The van der Waals surface area contributed by atoms with Gasteiger partial charge in [-0.25, -0.2) is 18.5 Å². The highest BCUT2D eigenvalue weighted by molar-refractivity contribution is 9.09. The topological polar surface area (TPSA) is 244 Å². The Labute approximate surface area is 168 Å². The first-order valence-corrected chi connectivity index (χ1v) is 12.5. The number of aromatic nitrogens is 2. The van der Waals surface area contributed by atoms with Crippen LogP contribution in [0.2, 0.25) is 0 Å². The zero-order valence-corrected chi connectivity index (χ0v) is 18.1. The van der Waals surface area contributed by atoms with Gasteiger partial charge in [-0.2, -0.15) is 8.62 Å². The summed E-state index contributed by atoms with van der Waals surface area (Å²) in [5.41, 5.74) is -1.58. The molecular weight excluding hydrogens is 533 g/mol. The second-order valence-corrected chi connectivity index (χ2v) is 11.1. The van der Waals surface area contributed by atoms with E-state index in [-0.39, 0.29) is 6.42 Å². The third-order valence-electron chi connectivity index (χ3n) is 3.22. The third-order valence-corrected chi connectivity index (χ3v) is 7.92. The average molecular weight is 547 g/mol. The number of nitrogens with zero attached hydrogens (tertiary/aromatic N) is 1. The van der Waals surface area contributed by atoms with Gasteiger partial charge in [-0.15, -0.1) is 0 Å². The van der Waals surface area contributed by atoms with Crippen molar-refractivity contribution in [3.05, 3.63) is 33.1 Å². The fraction of sp³-hybridized carbons (Fsp3) is 0.556. The Morgan fingerprint density at radius 3 is 2.38 bits per heavy atom. The Morgan fingerprint density at radius 2 is 1.83 bits per heavy atom. The molecule has 0 aromatic carbocycles. The van der Waals surface area contributed by atoms with E-state index in [0.29, 0.717) is 0 Å². The Hall–Kier alpha value is -0.510. The molecule has 16 nitrogen and oxygen atoms in total. The summed E-state index contributed by atoms with van der Waals surface area (Å²) in [6, 6.07) is 1.000. The normalized spacial score (nSPS) is 29.3. The first kappa shape index (κ1) is 24.8. The SMILES string of the molecule is O=c1ccn([C@@]2(Br)C[C@H](O)[C@@H](COP(=O)(O)OP(=O)(O)OP(=O)(O)O)O2)c(=O)[nH]1. The Balaban J connectivity index is 2.06. The van der Waals surface area contributed by atoms with E-state index < -0.39 is 58.2 Å². The van der Waals surface area contributed by atoms with Gasteiger partial charge in [0.2, 0.25) is 4.63 Å². The number of halogens is 1. The molecule has 0 radical (unpaired) electrons. The molecule has 20 heteroatoms. The maximum absolute atomic E-state index is 11.9. The minimum Gasteiger partial charge on any atom is -0.390 e. The third kappa shape index (κ3) is 7.01. The predicted octanol–water partition coefficient (Wildman–Crippen LogP) is -0.965. The van der Waals surface area contributed by atoms with Crippen molar-refractivity contribution < 1.29 is 56.3 Å². The number of phosphoric ester groups is 1. The molecule has 0 bridgehead atoms. The number of aromatic amines is 1. The number of hydrogen-bond donors (Lipinski definition) is 6. The zero-order valence-electron chi connectivity index (χ0n) is 13.8. The number of alkyl halides is 1. The zero-order chi connectivity index (χ0) is 22.3. The van der Waals surface area contributed by atoms with E-state index in [2.05, 4.69) is 29.1 Å². The number of rotatable bonds is 8. The van der Waals surface area contributed by atoms with Gasteiger partial charge >= 0.3 is 29.2 Å². The van der Waals surface area contributed by atoms with Gasteiger partial charge in [-0.3, -0.25) is 18.9 Å². The van der Waals surface area contributed by atoms with Crippen LogP contribution in [0.15, 0.2) is 21.9 Å². The second-order valence-electron chi connectivity index (χ2n) is 5.48. The van der Waals surface area contributed by atoms with Crippen molar-refractivity contribution >= 4 is 39.4 Å². The van der Waals surface area contributed by atoms with Gasteiger partial charge in [0.05, 0.1) is 12.7 Å². The van der Waals surface area contributed by atoms with Gasteiger partial charge in [-0.1, -0.05) is 0 Å². The highest BCUT2D eigenvalue weighted by Crippen LogP contribution is 2.66. The summed E-state index contributed by atoms with van der Waals surface area (Å²) < 4.78 is 49.6. The molecule has 1 aromatic rings. The van der Waals surface area contributed by atoms with Crippen molar-refractivity contribution in [2.45, 2.75) is 23.3 Å². The Morgan fingerprint density at radius 1 is 1.21 bits per heavy atom. The van der Waals surface area contributed by atoms with E-state index in [1.165, 1.54) is 0 Å². The molecule has 29 heavy (non-hydrogen) atoms. The molecule has 0 aliphatic carbocycles. The van der Waals surface area contributed by atoms with Crippen molar-refractivity contribution in [3.8, 4) is 0 Å². The molecule has 2 unspecified atom stereocenters. The highest BCUT2D eigenvalue weighted by Gasteiger charge is 2.48. The molecule has 2 heterocycles. The Bertz CT molecular complexity index is 1020. The van der Waals surface area contributed by atoms with Crippen molar-refractivity contribution in [3.63, 3.8) is 0 Å². The average Bonchev–Trinajstić information content (AvgIpc) is 2.76. The largest absolute Gasteiger partial charge is 0.490 e. The molecule has 1 aromatic heterocycles. The lowest BCUT2D eigenvalue weighted by Crippen LogP contribution is -2.40. The molecule has 1 aliphatic rings. The molecule has 0 saturated carbocycles. The molecule has 0 amide bonds. The lowest BCUT2D eigenvalue weighted by molar-refractivity contribution is -0.0597. The predicted molar refractivity (Wildman–Crippen MR) is 93.5 cm³/mol. The van der Waals surface area contributed by atoms with Crippen molar-refractivity contribution in [1.29, 1.82) is 0 Å². The molecule has 2 rings (SSSR count). The van der Waals surface area contributed by atoms with Crippen molar-refractivity contribution in [2.75, 3.05) is 6.61 Å². The Kier molecular flexibility index (Phi) is 7.30. The number of hydrogen-bond acceptors (Lipinski definition) is 10. The lowest BCUT2D eigenvalue weighted by atomic mass is 10.2. The van der Waals surface area contributed by atoms with Gasteiger partial charge in [0.15, 0.2) is 0 Å². The van der Waals surface area contributed by atoms with E-state index in [0.717, 1.165) is 16.8 Å². The van der Waals surface area contributed by atoms with E-state index in [1.54, 1.807) is 0 Å². The van der Waals surface area contributed by atoms with Crippen LogP contribution in [-0.2, 0) is 36.2 Å². The quantitative estimate of drug-likeness (QED) is 0.170. The fourth-order valence-corrected chi connectivity index (χ4v) is 6.08. The van der Waals surface area contributed by atoms with E-state index >= 15 is 0 Å². The van der Waals surface area contributed by atoms with Crippen molar-refractivity contribution in [2.24, 2.45) is 0 Å². The molecular formula is C9H14BrN2O14P3. The summed E-state index contributed by atoms with van der Waals surface area (Å²) in [6.45, 7) is -0.920. The van der Waals surface area contributed by atoms with Crippen LogP contribution in [-0.4, -0.2) is 53.0 Å². The summed E-state index contributed by atoms with van der Waals surface area (Å²) in [5, 5.41) is 10.0. The van der Waals surface area contributed by atoms with Crippen LogP contribution < -0.4 is 11.2 Å². The smallest absolute Gasteiger partial charge is 0.390 e. The van der Waals surface area contributed by atoms with Crippen LogP contribution in [0.1, 0.15) is 6.42 Å².